The predicted molar refractivity (Wildman–Crippen MR) is 97.0 cm³/mol. The summed E-state index contributed by atoms with van der Waals surface area (Å²) in [6.07, 6.45) is -0.933. The zero-order valence-corrected chi connectivity index (χ0v) is 14.8. The van der Waals surface area contributed by atoms with Crippen LogP contribution in [-0.2, 0) is 0 Å². The largest absolute Gasteiger partial charge is 0.338 e. The maximum atomic E-state index is 12.6. The monoisotopic (exact) mass is 362 g/mol. The van der Waals surface area contributed by atoms with E-state index in [0.717, 1.165) is 5.56 Å². The molecule has 1 aliphatic heterocycles. The molecule has 1 saturated heterocycles. The lowest BCUT2D eigenvalue weighted by atomic mass is 10.0. The zero-order chi connectivity index (χ0) is 19.7. The highest BCUT2D eigenvalue weighted by atomic mass is 19.3. The summed E-state index contributed by atoms with van der Waals surface area (Å²) in [5.74, 6) is 0.0600. The van der Waals surface area contributed by atoms with Crippen LogP contribution in [0.5, 0.6) is 0 Å². The molecule has 2 atom stereocenters. The second kappa shape index (κ2) is 10.3. The van der Waals surface area contributed by atoms with Crippen molar-refractivity contribution in [3.05, 3.63) is 48.6 Å². The number of nitrogens with one attached hydrogen (secondary N) is 2. The topological polar surface area (TPSA) is 80.0 Å². The number of carbonyl (C=O) groups is 1. The van der Waals surface area contributed by atoms with Crippen molar-refractivity contribution in [1.29, 1.82) is 10.7 Å². The van der Waals surface area contributed by atoms with Gasteiger partial charge in [0.05, 0.1) is 12.1 Å². The average molecular weight is 362 g/mol. The van der Waals surface area contributed by atoms with E-state index >= 15 is 0 Å². The first-order chi connectivity index (χ1) is 12.4. The Kier molecular flexibility index (Phi) is 8.43. The van der Waals surface area contributed by atoms with Crippen LogP contribution in [0.25, 0.3) is 0 Å². The van der Waals surface area contributed by atoms with E-state index in [4.69, 9.17) is 10.7 Å². The number of urea groups is 1. The van der Waals surface area contributed by atoms with Gasteiger partial charge in [-0.3, -0.25) is 10.3 Å². The predicted octanol–water partition coefficient (Wildman–Crippen LogP) is 4.80. The van der Waals surface area contributed by atoms with Gasteiger partial charge in [-0.2, -0.15) is 5.26 Å². The fourth-order valence-electron chi connectivity index (χ4n) is 2.70. The Bertz CT molecular complexity index is 654. The number of nitrogens with zero attached hydrogens (tertiary/aromatic N) is 2. The summed E-state index contributed by atoms with van der Waals surface area (Å²) in [6, 6.07) is 7.27. The molecular formula is C19H24F2N4O. The molecule has 1 heterocycles. The van der Waals surface area contributed by atoms with Gasteiger partial charge in [-0.1, -0.05) is 24.3 Å². The molecule has 26 heavy (non-hydrogen) atoms. The van der Waals surface area contributed by atoms with Gasteiger partial charge in [0, 0.05) is 24.4 Å². The van der Waals surface area contributed by atoms with Crippen molar-refractivity contribution in [3.8, 4) is 6.07 Å². The third-order valence-electron chi connectivity index (χ3n) is 4.12. The summed E-state index contributed by atoms with van der Waals surface area (Å²) in [4.78, 5) is 13.7. The molecule has 7 heteroatoms. The van der Waals surface area contributed by atoms with Crippen LogP contribution in [0.4, 0.5) is 13.6 Å². The molecule has 5 nitrogen and oxygen atoms in total. The van der Waals surface area contributed by atoms with Gasteiger partial charge in [-0.15, -0.1) is 13.2 Å². The van der Waals surface area contributed by atoms with Gasteiger partial charge in [-0.05, 0) is 25.3 Å². The van der Waals surface area contributed by atoms with E-state index in [-0.39, 0.29) is 29.4 Å². The molecule has 140 valence electrons. The standard InChI is InChI=1S/C17H20F2N4O.C2H4/c1-11(10-20)8-9-22-17(24)23-14(6-7-15(23)21)12-2-4-13(5-3-12)16(18)19;1-2/h2-5,11,14,16,21H,6-9H2,1H3,(H,22,24);1-2H2. The molecule has 0 bridgehead atoms. The number of amides is 2. The molecule has 0 aliphatic carbocycles. The quantitative estimate of drug-likeness (QED) is 0.738. The molecule has 1 fully saturated rings. The minimum Gasteiger partial charge on any atom is -0.338 e. The van der Waals surface area contributed by atoms with E-state index in [0.29, 0.717) is 25.8 Å². The van der Waals surface area contributed by atoms with Gasteiger partial charge in [-0.25, -0.2) is 13.6 Å². The highest BCUT2D eigenvalue weighted by Crippen LogP contribution is 2.33. The number of hydrogen-bond acceptors (Lipinski definition) is 3. The van der Waals surface area contributed by atoms with Crippen LogP contribution in [-0.4, -0.2) is 23.3 Å². The zero-order valence-electron chi connectivity index (χ0n) is 14.8. The first kappa shape index (κ1) is 21.3. The van der Waals surface area contributed by atoms with Crippen LogP contribution in [0.2, 0.25) is 0 Å². The van der Waals surface area contributed by atoms with Crippen molar-refractivity contribution in [1.82, 2.24) is 10.2 Å². The fourth-order valence-corrected chi connectivity index (χ4v) is 2.70. The van der Waals surface area contributed by atoms with E-state index in [2.05, 4.69) is 24.5 Å². The Hall–Kier alpha value is -2.75. The van der Waals surface area contributed by atoms with Gasteiger partial charge in [0.25, 0.3) is 6.43 Å². The summed E-state index contributed by atoms with van der Waals surface area (Å²) in [5, 5.41) is 19.4. The van der Waals surface area contributed by atoms with Crippen LogP contribution in [0.1, 0.15) is 49.8 Å². The highest BCUT2D eigenvalue weighted by Gasteiger charge is 2.34. The summed E-state index contributed by atoms with van der Waals surface area (Å²) in [5.41, 5.74) is 0.676. The molecule has 0 aromatic heterocycles. The van der Waals surface area contributed by atoms with E-state index in [1.54, 1.807) is 19.1 Å². The van der Waals surface area contributed by atoms with E-state index in [1.165, 1.54) is 17.0 Å². The highest BCUT2D eigenvalue weighted by molar-refractivity contribution is 5.98. The Labute approximate surface area is 152 Å². The molecule has 1 aromatic rings. The van der Waals surface area contributed by atoms with Crippen molar-refractivity contribution in [2.24, 2.45) is 5.92 Å². The summed E-state index contributed by atoms with van der Waals surface area (Å²) < 4.78 is 25.3. The first-order valence-electron chi connectivity index (χ1n) is 8.36. The number of nitriles is 1. The Morgan fingerprint density at radius 2 is 2.04 bits per heavy atom. The minimum absolute atomic E-state index is 0.0617. The summed E-state index contributed by atoms with van der Waals surface area (Å²) in [7, 11) is 0. The molecule has 0 radical (unpaired) electrons. The molecule has 2 rings (SSSR count). The van der Waals surface area contributed by atoms with E-state index in [1.807, 2.05) is 0 Å². The number of halogens is 2. The molecule has 2 unspecified atom stereocenters. The minimum atomic E-state index is -2.53. The Morgan fingerprint density at radius 3 is 2.58 bits per heavy atom. The number of likely N-dealkylation sites (tertiary alicyclic amines) is 1. The van der Waals surface area contributed by atoms with Gasteiger partial charge in [0.2, 0.25) is 0 Å². The van der Waals surface area contributed by atoms with Crippen molar-refractivity contribution in [2.45, 2.75) is 38.7 Å². The Morgan fingerprint density at radius 1 is 1.42 bits per heavy atom. The summed E-state index contributed by atoms with van der Waals surface area (Å²) in [6.45, 7) is 8.13. The van der Waals surface area contributed by atoms with Crippen LogP contribution < -0.4 is 5.32 Å². The normalized spacial score (nSPS) is 17.3. The average Bonchev–Trinajstić information content (AvgIpc) is 3.04. The molecular weight excluding hydrogens is 338 g/mol. The Balaban J connectivity index is 0.00000163. The maximum Gasteiger partial charge on any atom is 0.323 e. The lowest BCUT2D eigenvalue weighted by Crippen LogP contribution is -2.42. The van der Waals surface area contributed by atoms with Crippen molar-refractivity contribution < 1.29 is 13.6 Å². The van der Waals surface area contributed by atoms with E-state index < -0.39 is 6.43 Å². The van der Waals surface area contributed by atoms with Crippen LogP contribution in [0.3, 0.4) is 0 Å². The molecule has 2 amide bonds. The van der Waals surface area contributed by atoms with Crippen molar-refractivity contribution in [2.75, 3.05) is 6.54 Å². The van der Waals surface area contributed by atoms with Crippen molar-refractivity contribution >= 4 is 11.9 Å². The second-order valence-corrected chi connectivity index (χ2v) is 5.89. The molecule has 1 aromatic carbocycles. The van der Waals surface area contributed by atoms with Crippen LogP contribution in [0.15, 0.2) is 37.4 Å². The number of hydrogen-bond donors (Lipinski definition) is 2. The summed E-state index contributed by atoms with van der Waals surface area (Å²) >= 11 is 0. The number of alkyl halides is 2. The van der Waals surface area contributed by atoms with Crippen molar-refractivity contribution in [3.63, 3.8) is 0 Å². The number of rotatable bonds is 5. The van der Waals surface area contributed by atoms with Gasteiger partial charge in [0.1, 0.15) is 5.84 Å². The lowest BCUT2D eigenvalue weighted by molar-refractivity contribution is 0.151. The van der Waals surface area contributed by atoms with Crippen LogP contribution in [0, 0.1) is 22.7 Å². The number of amidine groups is 1. The first-order valence-corrected chi connectivity index (χ1v) is 8.36. The third kappa shape index (κ3) is 5.38. The molecule has 2 N–H and O–H groups in total. The fraction of sp³-hybridized carbons (Fsp3) is 0.421. The van der Waals surface area contributed by atoms with E-state index in [9.17, 15) is 13.6 Å². The smallest absolute Gasteiger partial charge is 0.323 e. The van der Waals surface area contributed by atoms with Crippen LogP contribution >= 0.6 is 0 Å². The molecule has 0 saturated carbocycles. The lowest BCUT2D eigenvalue weighted by Gasteiger charge is -2.25. The molecule has 0 spiro atoms. The van der Waals surface area contributed by atoms with Gasteiger partial charge in [0.15, 0.2) is 0 Å². The maximum absolute atomic E-state index is 12.6. The number of carbonyl (C=O) groups excluding carboxylic acids is 1. The third-order valence-corrected chi connectivity index (χ3v) is 4.12. The van der Waals surface area contributed by atoms with Gasteiger partial charge >= 0.3 is 6.03 Å². The second-order valence-electron chi connectivity index (χ2n) is 5.89. The number of benzene rings is 1. The van der Waals surface area contributed by atoms with Gasteiger partial charge < -0.3 is 5.32 Å². The SMILES string of the molecule is C=C.CC(C#N)CCNC(=O)N1C(=N)CCC1c1ccc(C(F)F)cc1. The molecule has 1 aliphatic rings.